The van der Waals surface area contributed by atoms with E-state index in [0.717, 1.165) is 12.0 Å². The number of carbonyl (C=O) groups excluding carboxylic acids is 1. The molecule has 0 saturated heterocycles. The van der Waals surface area contributed by atoms with Crippen LogP contribution in [0.2, 0.25) is 5.02 Å². The topological polar surface area (TPSA) is 46.3 Å². The van der Waals surface area contributed by atoms with Crippen molar-refractivity contribution in [2.45, 2.75) is 19.4 Å². The van der Waals surface area contributed by atoms with Gasteiger partial charge in [-0.3, -0.25) is 4.79 Å². The Morgan fingerprint density at radius 3 is 2.62 bits per heavy atom. The highest BCUT2D eigenvalue weighted by molar-refractivity contribution is 6.31. The van der Waals surface area contributed by atoms with Crippen molar-refractivity contribution < 1.29 is 4.79 Å². The molecule has 0 unspecified atom stereocenters. The molecule has 0 heterocycles. The van der Waals surface area contributed by atoms with E-state index in [1.165, 1.54) is 5.56 Å². The van der Waals surface area contributed by atoms with Gasteiger partial charge in [-0.2, -0.15) is 0 Å². The molecule has 0 spiro atoms. The maximum Gasteiger partial charge on any atom is 0.222 e. The molecule has 4 heteroatoms. The minimum atomic E-state index is 0.0948. The van der Waals surface area contributed by atoms with Crippen LogP contribution in [-0.4, -0.2) is 17.9 Å². The third-order valence-corrected chi connectivity index (χ3v) is 3.74. The van der Waals surface area contributed by atoms with Crippen molar-refractivity contribution in [3.63, 3.8) is 0 Å². The number of rotatable bonds is 5. The van der Waals surface area contributed by atoms with Gasteiger partial charge < -0.3 is 10.6 Å². The molecule has 0 bridgehead atoms. The smallest absolute Gasteiger partial charge is 0.222 e. The largest absolute Gasteiger partial charge is 0.399 e. The molecule has 0 aliphatic rings. The van der Waals surface area contributed by atoms with E-state index in [2.05, 4.69) is 0 Å². The number of hydrogen-bond donors (Lipinski definition) is 1. The van der Waals surface area contributed by atoms with Crippen molar-refractivity contribution in [3.8, 4) is 0 Å². The van der Waals surface area contributed by atoms with Crippen LogP contribution in [0.15, 0.2) is 48.5 Å². The summed E-state index contributed by atoms with van der Waals surface area (Å²) in [7, 11) is 1.78. The Hall–Kier alpha value is -2.00. The predicted molar refractivity (Wildman–Crippen MR) is 87.1 cm³/mol. The molecule has 0 radical (unpaired) electrons. The van der Waals surface area contributed by atoms with Crippen molar-refractivity contribution in [2.24, 2.45) is 0 Å². The highest BCUT2D eigenvalue weighted by Gasteiger charge is 2.11. The van der Waals surface area contributed by atoms with Crippen molar-refractivity contribution in [2.75, 3.05) is 12.8 Å². The Morgan fingerprint density at radius 2 is 1.90 bits per heavy atom. The minimum absolute atomic E-state index is 0.0948. The molecule has 2 aromatic rings. The number of carbonyl (C=O) groups is 1. The van der Waals surface area contributed by atoms with E-state index in [9.17, 15) is 4.79 Å². The Balaban J connectivity index is 1.92. The molecular weight excluding hydrogens is 284 g/mol. The van der Waals surface area contributed by atoms with Crippen molar-refractivity contribution in [1.82, 2.24) is 4.90 Å². The van der Waals surface area contributed by atoms with Gasteiger partial charge in [0.1, 0.15) is 0 Å². The Bertz CT molecular complexity index is 613. The Morgan fingerprint density at radius 1 is 1.19 bits per heavy atom. The maximum atomic E-state index is 12.2. The summed E-state index contributed by atoms with van der Waals surface area (Å²) in [6.45, 7) is 0.470. The molecule has 0 fully saturated rings. The summed E-state index contributed by atoms with van der Waals surface area (Å²) in [5, 5.41) is 0.631. The van der Waals surface area contributed by atoms with Gasteiger partial charge in [0.15, 0.2) is 0 Å². The van der Waals surface area contributed by atoms with Crippen molar-refractivity contribution in [3.05, 3.63) is 64.7 Å². The first kappa shape index (κ1) is 15.4. The number of anilines is 1. The van der Waals surface area contributed by atoms with E-state index in [-0.39, 0.29) is 5.91 Å². The summed E-state index contributed by atoms with van der Waals surface area (Å²) in [6.07, 6.45) is 1.23. The van der Waals surface area contributed by atoms with Gasteiger partial charge in [-0.05, 0) is 35.7 Å². The molecule has 110 valence electrons. The van der Waals surface area contributed by atoms with Gasteiger partial charge in [0.05, 0.1) is 0 Å². The summed E-state index contributed by atoms with van der Waals surface area (Å²) in [6, 6.07) is 15.3. The molecule has 2 rings (SSSR count). The number of nitrogens with zero attached hydrogens (tertiary/aromatic N) is 1. The summed E-state index contributed by atoms with van der Waals surface area (Å²) in [5.41, 5.74) is 8.44. The molecule has 3 nitrogen and oxygen atoms in total. The number of hydrogen-bond acceptors (Lipinski definition) is 2. The monoisotopic (exact) mass is 302 g/mol. The highest BCUT2D eigenvalue weighted by atomic mass is 35.5. The highest BCUT2D eigenvalue weighted by Crippen LogP contribution is 2.20. The summed E-state index contributed by atoms with van der Waals surface area (Å²) in [4.78, 5) is 13.9. The van der Waals surface area contributed by atoms with Crippen LogP contribution >= 0.6 is 11.6 Å². The number of aryl methyl sites for hydroxylation is 1. The Labute approximate surface area is 130 Å². The molecule has 2 aromatic carbocycles. The zero-order valence-corrected chi connectivity index (χ0v) is 12.8. The molecule has 0 aliphatic heterocycles. The lowest BCUT2D eigenvalue weighted by molar-refractivity contribution is -0.130. The Kier molecular flexibility index (Phi) is 5.23. The van der Waals surface area contributed by atoms with E-state index >= 15 is 0 Å². The fraction of sp³-hybridized carbons (Fsp3) is 0.235. The van der Waals surface area contributed by atoms with Crippen LogP contribution in [-0.2, 0) is 17.8 Å². The van der Waals surface area contributed by atoms with Crippen LogP contribution < -0.4 is 5.73 Å². The van der Waals surface area contributed by atoms with E-state index in [4.69, 9.17) is 17.3 Å². The molecule has 2 N–H and O–H groups in total. The van der Waals surface area contributed by atoms with Crippen LogP contribution in [0, 0.1) is 0 Å². The fourth-order valence-electron chi connectivity index (χ4n) is 2.15. The first-order valence-electron chi connectivity index (χ1n) is 6.88. The number of nitrogen functional groups attached to an aromatic ring is 1. The second kappa shape index (κ2) is 7.14. The molecule has 0 atom stereocenters. The number of benzene rings is 2. The van der Waals surface area contributed by atoms with Crippen LogP contribution in [0.3, 0.4) is 0 Å². The third-order valence-electron chi connectivity index (χ3n) is 3.37. The van der Waals surface area contributed by atoms with Crippen molar-refractivity contribution in [1.29, 1.82) is 0 Å². The summed E-state index contributed by atoms with van der Waals surface area (Å²) < 4.78 is 0. The first-order chi connectivity index (χ1) is 10.1. The van der Waals surface area contributed by atoms with Gasteiger partial charge in [0.25, 0.3) is 0 Å². The normalized spacial score (nSPS) is 10.4. The van der Waals surface area contributed by atoms with Gasteiger partial charge in [0.2, 0.25) is 5.91 Å². The third kappa shape index (κ3) is 4.50. The van der Waals surface area contributed by atoms with Crippen LogP contribution in [0.4, 0.5) is 5.69 Å². The maximum absolute atomic E-state index is 12.2. The average molecular weight is 303 g/mol. The lowest BCUT2D eigenvalue weighted by Crippen LogP contribution is -2.26. The molecular formula is C17H19ClN2O. The molecule has 21 heavy (non-hydrogen) atoms. The zero-order valence-electron chi connectivity index (χ0n) is 12.1. The standard InChI is InChI=1S/C17H19ClN2O/c1-20(12-14-11-15(19)8-9-16(14)18)17(21)10-7-13-5-3-2-4-6-13/h2-6,8-9,11H,7,10,12,19H2,1H3. The van der Waals surface area contributed by atoms with Gasteiger partial charge in [-0.1, -0.05) is 41.9 Å². The van der Waals surface area contributed by atoms with E-state index in [1.807, 2.05) is 36.4 Å². The average Bonchev–Trinajstić information content (AvgIpc) is 2.49. The molecule has 0 aliphatic carbocycles. The molecule has 0 aromatic heterocycles. The molecule has 1 amide bonds. The van der Waals surface area contributed by atoms with Gasteiger partial charge >= 0.3 is 0 Å². The zero-order chi connectivity index (χ0) is 15.2. The van der Waals surface area contributed by atoms with E-state index < -0.39 is 0 Å². The van der Waals surface area contributed by atoms with Gasteiger partial charge in [-0.25, -0.2) is 0 Å². The number of halogens is 1. The second-order valence-electron chi connectivity index (χ2n) is 5.09. The van der Waals surface area contributed by atoms with Crippen LogP contribution in [0.25, 0.3) is 0 Å². The molecule has 0 saturated carbocycles. The van der Waals surface area contributed by atoms with E-state index in [1.54, 1.807) is 24.1 Å². The van der Waals surface area contributed by atoms with Crippen LogP contribution in [0.1, 0.15) is 17.5 Å². The SMILES string of the molecule is CN(Cc1cc(N)ccc1Cl)C(=O)CCc1ccccc1. The van der Waals surface area contributed by atoms with Gasteiger partial charge in [0, 0.05) is 30.7 Å². The van der Waals surface area contributed by atoms with E-state index in [0.29, 0.717) is 23.7 Å². The predicted octanol–water partition coefficient (Wildman–Crippen LogP) is 3.51. The van der Waals surface area contributed by atoms with Crippen LogP contribution in [0.5, 0.6) is 0 Å². The quantitative estimate of drug-likeness (QED) is 0.859. The van der Waals surface area contributed by atoms with Crippen molar-refractivity contribution >= 4 is 23.2 Å². The summed E-state index contributed by atoms with van der Waals surface area (Å²) >= 11 is 6.12. The fourth-order valence-corrected chi connectivity index (χ4v) is 2.32. The summed E-state index contributed by atoms with van der Waals surface area (Å²) in [5.74, 6) is 0.0948. The second-order valence-corrected chi connectivity index (χ2v) is 5.49. The number of nitrogens with two attached hydrogens (primary N) is 1. The minimum Gasteiger partial charge on any atom is -0.399 e. The van der Waals surface area contributed by atoms with Gasteiger partial charge in [-0.15, -0.1) is 0 Å². The lowest BCUT2D eigenvalue weighted by Gasteiger charge is -2.18. The first-order valence-corrected chi connectivity index (χ1v) is 7.26. The number of amides is 1. The lowest BCUT2D eigenvalue weighted by atomic mass is 10.1.